The molecule has 0 radical (unpaired) electrons. The van der Waals surface area contributed by atoms with Crippen LogP contribution in [0, 0.1) is 6.92 Å². The molecule has 0 aliphatic rings. The van der Waals surface area contributed by atoms with Gasteiger partial charge in [-0.05, 0) is 31.9 Å². The highest BCUT2D eigenvalue weighted by Gasteiger charge is 2.17. The molecule has 0 saturated heterocycles. The third-order valence-corrected chi connectivity index (χ3v) is 3.67. The van der Waals surface area contributed by atoms with Crippen molar-refractivity contribution in [2.24, 2.45) is 4.99 Å². The molecule has 0 atom stereocenters. The van der Waals surface area contributed by atoms with Gasteiger partial charge in [0, 0.05) is 13.3 Å². The molecule has 0 bridgehead atoms. The topological polar surface area (TPSA) is 34.5 Å². The van der Waals surface area contributed by atoms with Crippen molar-refractivity contribution in [2.45, 2.75) is 20.8 Å². The number of thiazole rings is 1. The fraction of sp³-hybridized carbons (Fsp3) is 0.333. The Balaban J connectivity index is 3.38. The molecular weight excluding hydrogens is 256 g/mol. The van der Waals surface area contributed by atoms with E-state index in [2.05, 4.69) is 22.6 Å². The van der Waals surface area contributed by atoms with Crippen molar-refractivity contribution in [3.05, 3.63) is 39.9 Å². The highest BCUT2D eigenvalue weighted by atomic mass is 32.1. The van der Waals surface area contributed by atoms with E-state index < -0.39 is 0 Å². The van der Waals surface area contributed by atoms with Crippen molar-refractivity contribution >= 4 is 28.9 Å². The van der Waals surface area contributed by atoms with E-state index in [1.807, 2.05) is 33.1 Å². The summed E-state index contributed by atoms with van der Waals surface area (Å²) in [5, 5.41) is 0.992. The molecule has 0 N–H and O–H groups in total. The Hall–Kier alpha value is -1.68. The molecule has 4 heteroatoms. The van der Waals surface area contributed by atoms with Crippen molar-refractivity contribution in [2.75, 3.05) is 14.2 Å². The minimum Gasteiger partial charge on any atom is -0.495 e. The summed E-state index contributed by atoms with van der Waals surface area (Å²) >= 11 is 1.64. The van der Waals surface area contributed by atoms with Gasteiger partial charge in [0.2, 0.25) is 0 Å². The summed E-state index contributed by atoms with van der Waals surface area (Å²) in [5.74, 6) is 0.586. The maximum Gasteiger partial charge on any atom is 0.138 e. The van der Waals surface area contributed by atoms with E-state index in [9.17, 15) is 0 Å². The van der Waals surface area contributed by atoms with Gasteiger partial charge in [-0.15, -0.1) is 11.3 Å². The molecule has 1 aromatic heterocycles. The van der Waals surface area contributed by atoms with Crippen molar-refractivity contribution < 1.29 is 4.74 Å². The SMILES string of the molecule is C=C(OC)c1nc(C)sc1C(=C\C)/C(C=NC)=C/C. The number of hydrogen-bond donors (Lipinski definition) is 0. The highest BCUT2D eigenvalue weighted by Crippen LogP contribution is 2.33. The predicted molar refractivity (Wildman–Crippen MR) is 84.7 cm³/mol. The molecule has 1 aromatic rings. The van der Waals surface area contributed by atoms with Crippen LogP contribution < -0.4 is 0 Å². The van der Waals surface area contributed by atoms with Crippen LogP contribution in [0.5, 0.6) is 0 Å². The Bertz CT molecular complexity index is 550. The van der Waals surface area contributed by atoms with E-state index in [1.165, 1.54) is 0 Å². The van der Waals surface area contributed by atoms with E-state index >= 15 is 0 Å². The first-order valence-corrected chi connectivity index (χ1v) is 6.86. The number of aromatic nitrogens is 1. The fourth-order valence-electron chi connectivity index (χ4n) is 1.76. The molecule has 0 saturated carbocycles. The van der Waals surface area contributed by atoms with Crippen LogP contribution in [0.3, 0.4) is 0 Å². The average Bonchev–Trinajstić information content (AvgIpc) is 2.79. The van der Waals surface area contributed by atoms with Crippen LogP contribution in [0.4, 0.5) is 0 Å². The lowest BCUT2D eigenvalue weighted by Gasteiger charge is -2.09. The second-order valence-corrected chi connectivity index (χ2v) is 5.07. The summed E-state index contributed by atoms with van der Waals surface area (Å²) in [7, 11) is 3.38. The summed E-state index contributed by atoms with van der Waals surface area (Å²) in [5.41, 5.74) is 2.98. The zero-order valence-corrected chi connectivity index (χ0v) is 13.0. The van der Waals surface area contributed by atoms with Gasteiger partial charge >= 0.3 is 0 Å². The standard InChI is InChI=1S/C15H20N2OS/c1-7-12(9-16-5)13(8-2)15-14(10(3)18-6)17-11(4)19-15/h7-9H,3H2,1-2,4-6H3/b12-7+,13-8-,16-9?. The molecule has 0 unspecified atom stereocenters. The molecule has 0 spiro atoms. The molecule has 0 aromatic carbocycles. The molecule has 102 valence electrons. The zero-order chi connectivity index (χ0) is 14.4. The van der Waals surface area contributed by atoms with E-state index in [0.717, 1.165) is 26.7 Å². The fourth-order valence-corrected chi connectivity index (χ4v) is 2.80. The number of hydrogen-bond acceptors (Lipinski definition) is 4. The number of ether oxygens (including phenoxy) is 1. The van der Waals surface area contributed by atoms with Crippen LogP contribution in [-0.4, -0.2) is 25.4 Å². The van der Waals surface area contributed by atoms with Crippen LogP contribution >= 0.6 is 11.3 Å². The summed E-state index contributed by atoms with van der Waals surface area (Å²) in [6.07, 6.45) is 5.96. The third kappa shape index (κ3) is 3.41. The number of aryl methyl sites for hydroxylation is 1. The van der Waals surface area contributed by atoms with E-state index in [0.29, 0.717) is 5.76 Å². The van der Waals surface area contributed by atoms with Crippen molar-refractivity contribution in [1.82, 2.24) is 4.98 Å². The third-order valence-electron chi connectivity index (χ3n) is 2.67. The lowest BCUT2D eigenvalue weighted by Crippen LogP contribution is -1.95. The number of aliphatic imine (C=N–C) groups is 1. The van der Waals surface area contributed by atoms with Gasteiger partial charge in [-0.25, -0.2) is 4.98 Å². The Morgan fingerprint density at radius 2 is 2.05 bits per heavy atom. The van der Waals surface area contributed by atoms with Crippen LogP contribution in [0.15, 0.2) is 29.3 Å². The molecule has 0 aliphatic carbocycles. The van der Waals surface area contributed by atoms with Crippen LogP contribution in [0.25, 0.3) is 11.3 Å². The summed E-state index contributed by atoms with van der Waals surface area (Å²) in [6.45, 7) is 9.90. The number of allylic oxidation sites excluding steroid dienone is 4. The quantitative estimate of drug-likeness (QED) is 0.460. The van der Waals surface area contributed by atoms with Crippen molar-refractivity contribution in [1.29, 1.82) is 0 Å². The first-order valence-electron chi connectivity index (χ1n) is 6.05. The number of rotatable bonds is 5. The van der Waals surface area contributed by atoms with E-state index in [4.69, 9.17) is 4.74 Å². The van der Waals surface area contributed by atoms with Crippen LogP contribution in [-0.2, 0) is 4.74 Å². The van der Waals surface area contributed by atoms with Gasteiger partial charge < -0.3 is 4.74 Å². The van der Waals surface area contributed by atoms with Gasteiger partial charge in [-0.3, -0.25) is 4.99 Å². The lowest BCUT2D eigenvalue weighted by molar-refractivity contribution is 0.369. The van der Waals surface area contributed by atoms with Gasteiger partial charge in [0.15, 0.2) is 0 Å². The molecule has 3 nitrogen and oxygen atoms in total. The molecular formula is C15H20N2OS. The first-order chi connectivity index (χ1) is 9.08. The Morgan fingerprint density at radius 3 is 2.53 bits per heavy atom. The smallest absolute Gasteiger partial charge is 0.138 e. The summed E-state index contributed by atoms with van der Waals surface area (Å²) in [4.78, 5) is 9.68. The average molecular weight is 276 g/mol. The van der Waals surface area contributed by atoms with Crippen LogP contribution in [0.2, 0.25) is 0 Å². The van der Waals surface area contributed by atoms with E-state index in [1.54, 1.807) is 25.5 Å². The van der Waals surface area contributed by atoms with Gasteiger partial charge in [0.1, 0.15) is 11.5 Å². The molecule has 0 aliphatic heterocycles. The minimum atomic E-state index is 0.586. The maximum absolute atomic E-state index is 5.23. The van der Waals surface area contributed by atoms with Gasteiger partial charge in [-0.1, -0.05) is 18.7 Å². The van der Waals surface area contributed by atoms with E-state index in [-0.39, 0.29) is 0 Å². The molecule has 1 heterocycles. The second-order valence-electron chi connectivity index (χ2n) is 3.87. The molecule has 0 amide bonds. The lowest BCUT2D eigenvalue weighted by atomic mass is 10.0. The first kappa shape index (κ1) is 15.4. The minimum absolute atomic E-state index is 0.586. The van der Waals surface area contributed by atoms with Crippen LogP contribution in [0.1, 0.15) is 29.4 Å². The van der Waals surface area contributed by atoms with Gasteiger partial charge in [-0.2, -0.15) is 0 Å². The molecule has 0 fully saturated rings. The summed E-state index contributed by atoms with van der Waals surface area (Å²) < 4.78 is 5.23. The van der Waals surface area contributed by atoms with Crippen molar-refractivity contribution in [3.8, 4) is 0 Å². The normalized spacial score (nSPS) is 13.1. The maximum atomic E-state index is 5.23. The molecule has 19 heavy (non-hydrogen) atoms. The predicted octanol–water partition coefficient (Wildman–Crippen LogP) is 4.12. The van der Waals surface area contributed by atoms with Gasteiger partial charge in [0.25, 0.3) is 0 Å². The monoisotopic (exact) mass is 276 g/mol. The number of methoxy groups -OCH3 is 1. The Labute approximate surface area is 119 Å². The zero-order valence-electron chi connectivity index (χ0n) is 12.2. The second kappa shape index (κ2) is 7.04. The summed E-state index contributed by atoms with van der Waals surface area (Å²) in [6, 6.07) is 0. The Morgan fingerprint density at radius 1 is 1.37 bits per heavy atom. The Kier molecular flexibility index (Phi) is 5.70. The highest BCUT2D eigenvalue weighted by molar-refractivity contribution is 7.13. The molecule has 1 rings (SSSR count). The van der Waals surface area contributed by atoms with Gasteiger partial charge in [0.05, 0.1) is 17.0 Å². The largest absolute Gasteiger partial charge is 0.495 e. The number of nitrogens with zero attached hydrogens (tertiary/aromatic N) is 2. The van der Waals surface area contributed by atoms with Crippen molar-refractivity contribution in [3.63, 3.8) is 0 Å².